The first kappa shape index (κ1) is 18.1. The molecule has 3 aromatic carbocycles. The summed E-state index contributed by atoms with van der Waals surface area (Å²) in [5.74, 6) is 2.22. The van der Waals surface area contributed by atoms with Crippen molar-refractivity contribution >= 4 is 8.80 Å². The van der Waals surface area contributed by atoms with Crippen molar-refractivity contribution in [3.63, 3.8) is 0 Å². The van der Waals surface area contributed by atoms with Crippen molar-refractivity contribution in [1.29, 1.82) is 0 Å². The fraction of sp³-hybridized carbons (Fsp3) is 0.182. The molecule has 0 unspecified atom stereocenters. The predicted octanol–water partition coefficient (Wildman–Crippen LogP) is 5.72. The van der Waals surface area contributed by atoms with Crippen LogP contribution in [-0.2, 0) is 0 Å². The molecule has 0 aromatic heterocycles. The quantitative estimate of drug-likeness (QED) is 0.524. The Morgan fingerprint density at radius 1 is 0.462 bits per heavy atom. The van der Waals surface area contributed by atoms with Gasteiger partial charge in [-0.05, 0) is 57.2 Å². The number of rotatable bonds is 6. The Hall–Kier alpha value is -2.72. The SMILES string of the molecule is Cc1ccc(O[Si](C)(Oc2ccc(C)cc2)Oc2ccc(C)cc2)cc1. The minimum absolute atomic E-state index is 0.740. The lowest BCUT2D eigenvalue weighted by Gasteiger charge is -2.27. The van der Waals surface area contributed by atoms with E-state index in [0.29, 0.717) is 0 Å². The Morgan fingerprint density at radius 2 is 0.692 bits per heavy atom. The molecule has 3 nitrogen and oxygen atoms in total. The van der Waals surface area contributed by atoms with E-state index < -0.39 is 8.80 Å². The third-order valence-electron chi connectivity index (χ3n) is 3.97. The van der Waals surface area contributed by atoms with Crippen molar-refractivity contribution in [1.82, 2.24) is 0 Å². The van der Waals surface area contributed by atoms with E-state index >= 15 is 0 Å². The van der Waals surface area contributed by atoms with Gasteiger partial charge in [0.15, 0.2) is 0 Å². The summed E-state index contributed by atoms with van der Waals surface area (Å²) in [6, 6.07) is 23.7. The van der Waals surface area contributed by atoms with Crippen molar-refractivity contribution in [2.45, 2.75) is 27.3 Å². The van der Waals surface area contributed by atoms with E-state index in [1.54, 1.807) is 0 Å². The van der Waals surface area contributed by atoms with Crippen LogP contribution in [0.3, 0.4) is 0 Å². The molecule has 3 rings (SSSR count). The van der Waals surface area contributed by atoms with Crippen LogP contribution in [0.15, 0.2) is 72.8 Å². The Kier molecular flexibility index (Phi) is 5.33. The van der Waals surface area contributed by atoms with Gasteiger partial charge in [-0.25, -0.2) is 0 Å². The van der Waals surface area contributed by atoms with Gasteiger partial charge in [0, 0.05) is 6.55 Å². The van der Waals surface area contributed by atoms with Gasteiger partial charge in [-0.1, -0.05) is 53.1 Å². The fourth-order valence-corrected chi connectivity index (χ4v) is 4.34. The normalized spacial score (nSPS) is 11.1. The molecule has 134 valence electrons. The standard InChI is InChI=1S/C22H24O3Si/c1-17-5-11-20(12-6-17)23-26(4,24-21-13-7-18(2)8-14-21)25-22-15-9-19(3)10-16-22/h5-16H,1-4H3. The molecule has 3 aromatic rings. The Morgan fingerprint density at radius 3 is 0.923 bits per heavy atom. The maximum Gasteiger partial charge on any atom is 0.696 e. The lowest BCUT2D eigenvalue weighted by Crippen LogP contribution is -2.51. The Balaban J connectivity index is 1.86. The van der Waals surface area contributed by atoms with Crippen LogP contribution in [-0.4, -0.2) is 8.80 Å². The van der Waals surface area contributed by atoms with Gasteiger partial charge in [0.1, 0.15) is 17.2 Å². The summed E-state index contributed by atoms with van der Waals surface area (Å²) in [4.78, 5) is 0. The molecule has 0 atom stereocenters. The van der Waals surface area contributed by atoms with Crippen LogP contribution in [0.5, 0.6) is 17.2 Å². The molecule has 0 N–H and O–H groups in total. The lowest BCUT2D eigenvalue weighted by molar-refractivity contribution is 0.271. The largest absolute Gasteiger partial charge is 0.696 e. The van der Waals surface area contributed by atoms with E-state index in [0.717, 1.165) is 17.2 Å². The summed E-state index contributed by atoms with van der Waals surface area (Å²) in [7, 11) is -3.02. The number of aryl methyl sites for hydroxylation is 3. The zero-order chi connectivity index (χ0) is 18.6. The van der Waals surface area contributed by atoms with Gasteiger partial charge < -0.3 is 13.3 Å². The maximum absolute atomic E-state index is 6.22. The average molecular weight is 365 g/mol. The highest BCUT2D eigenvalue weighted by molar-refractivity contribution is 6.61. The molecule has 0 aliphatic carbocycles. The predicted molar refractivity (Wildman–Crippen MR) is 107 cm³/mol. The van der Waals surface area contributed by atoms with Gasteiger partial charge >= 0.3 is 8.80 Å². The lowest BCUT2D eigenvalue weighted by atomic mass is 10.2. The van der Waals surface area contributed by atoms with Crippen molar-refractivity contribution in [2.75, 3.05) is 0 Å². The molecule has 0 saturated carbocycles. The maximum atomic E-state index is 6.22. The molecular weight excluding hydrogens is 340 g/mol. The average Bonchev–Trinajstić information content (AvgIpc) is 2.61. The summed E-state index contributed by atoms with van der Waals surface area (Å²) in [5.41, 5.74) is 3.54. The molecule has 0 spiro atoms. The topological polar surface area (TPSA) is 27.7 Å². The van der Waals surface area contributed by atoms with Crippen LogP contribution in [0.1, 0.15) is 16.7 Å². The second kappa shape index (κ2) is 7.66. The second-order valence-corrected chi connectivity index (χ2v) is 8.94. The second-order valence-electron chi connectivity index (χ2n) is 6.61. The smallest absolute Gasteiger partial charge is 0.484 e. The van der Waals surface area contributed by atoms with Gasteiger partial charge in [0.25, 0.3) is 0 Å². The van der Waals surface area contributed by atoms with E-state index in [1.165, 1.54) is 16.7 Å². The minimum atomic E-state index is -3.02. The third-order valence-corrected chi connectivity index (χ3v) is 5.79. The van der Waals surface area contributed by atoms with Crippen molar-refractivity contribution < 1.29 is 13.3 Å². The number of hydrogen-bond donors (Lipinski definition) is 0. The Bertz CT molecular complexity index is 724. The van der Waals surface area contributed by atoms with Gasteiger partial charge in [0.05, 0.1) is 0 Å². The molecule has 26 heavy (non-hydrogen) atoms. The monoisotopic (exact) mass is 364 g/mol. The zero-order valence-electron chi connectivity index (χ0n) is 15.7. The molecule has 0 fully saturated rings. The highest BCUT2D eigenvalue weighted by Crippen LogP contribution is 2.24. The highest BCUT2D eigenvalue weighted by atomic mass is 28.4. The van der Waals surface area contributed by atoms with E-state index in [1.807, 2.05) is 100 Å². The van der Waals surface area contributed by atoms with Crippen LogP contribution in [0, 0.1) is 20.8 Å². The molecule has 0 aliphatic heterocycles. The first-order valence-electron chi connectivity index (χ1n) is 8.69. The van der Waals surface area contributed by atoms with Crippen molar-refractivity contribution in [3.8, 4) is 17.2 Å². The van der Waals surface area contributed by atoms with Crippen molar-refractivity contribution in [2.24, 2.45) is 0 Å². The van der Waals surface area contributed by atoms with Crippen LogP contribution in [0.4, 0.5) is 0 Å². The van der Waals surface area contributed by atoms with Gasteiger partial charge in [-0.15, -0.1) is 0 Å². The summed E-state index contributed by atoms with van der Waals surface area (Å²) in [5, 5.41) is 0. The van der Waals surface area contributed by atoms with Crippen LogP contribution >= 0.6 is 0 Å². The molecular formula is C22H24O3Si. The first-order valence-corrected chi connectivity index (χ1v) is 10.9. The summed E-state index contributed by atoms with van der Waals surface area (Å²) >= 11 is 0. The Labute approximate surface area is 156 Å². The van der Waals surface area contributed by atoms with Crippen LogP contribution in [0.2, 0.25) is 6.55 Å². The number of hydrogen-bond acceptors (Lipinski definition) is 3. The highest BCUT2D eigenvalue weighted by Gasteiger charge is 2.43. The first-order chi connectivity index (χ1) is 12.4. The van der Waals surface area contributed by atoms with E-state index in [9.17, 15) is 0 Å². The molecule has 0 heterocycles. The van der Waals surface area contributed by atoms with E-state index in [4.69, 9.17) is 13.3 Å². The van der Waals surface area contributed by atoms with E-state index in [-0.39, 0.29) is 0 Å². The molecule has 0 aliphatic rings. The molecule has 4 heteroatoms. The van der Waals surface area contributed by atoms with Crippen LogP contribution < -0.4 is 13.3 Å². The summed E-state index contributed by atoms with van der Waals surface area (Å²) in [6.45, 7) is 8.05. The third kappa shape index (κ3) is 4.89. The molecule has 0 saturated heterocycles. The van der Waals surface area contributed by atoms with E-state index in [2.05, 4.69) is 0 Å². The van der Waals surface area contributed by atoms with Crippen LogP contribution in [0.25, 0.3) is 0 Å². The molecule has 0 bridgehead atoms. The summed E-state index contributed by atoms with van der Waals surface area (Å²) < 4.78 is 18.7. The molecule has 0 amide bonds. The molecule has 0 radical (unpaired) electrons. The summed E-state index contributed by atoms with van der Waals surface area (Å²) in [6.07, 6.45) is 0. The van der Waals surface area contributed by atoms with Gasteiger partial charge in [0.2, 0.25) is 0 Å². The van der Waals surface area contributed by atoms with Gasteiger partial charge in [-0.3, -0.25) is 0 Å². The zero-order valence-corrected chi connectivity index (χ0v) is 16.7. The van der Waals surface area contributed by atoms with Gasteiger partial charge in [-0.2, -0.15) is 0 Å². The number of benzene rings is 3. The minimum Gasteiger partial charge on any atom is -0.484 e. The van der Waals surface area contributed by atoms with Crippen molar-refractivity contribution in [3.05, 3.63) is 89.5 Å². The fourth-order valence-electron chi connectivity index (χ4n) is 2.52.